The summed E-state index contributed by atoms with van der Waals surface area (Å²) in [5.41, 5.74) is 2.08. The topological polar surface area (TPSA) is 119 Å². The van der Waals surface area contributed by atoms with Crippen LogP contribution in [0.5, 0.6) is 0 Å². The minimum atomic E-state index is -3.79. The predicted molar refractivity (Wildman–Crippen MR) is 116 cm³/mol. The van der Waals surface area contributed by atoms with Crippen molar-refractivity contribution < 1.29 is 32.3 Å². The van der Waals surface area contributed by atoms with Gasteiger partial charge in [-0.1, -0.05) is 17.7 Å². The van der Waals surface area contributed by atoms with Crippen molar-refractivity contribution in [1.29, 1.82) is 0 Å². The number of nitrogens with one attached hydrogen (secondary N) is 1. The van der Waals surface area contributed by atoms with Crippen LogP contribution in [0.2, 0.25) is 0 Å². The number of hydrogen-bond donors (Lipinski definition) is 1. The SMILES string of the molecule is COC(=O)c1ccc(C(=O)OC)c(NC(=O)CN(c2ccc(C)cc2C)S(C)(=O)=O)c1. The number of aryl methyl sites for hydroxylation is 2. The molecule has 0 aliphatic rings. The van der Waals surface area contributed by atoms with Crippen molar-refractivity contribution in [2.45, 2.75) is 13.8 Å². The van der Waals surface area contributed by atoms with E-state index in [0.29, 0.717) is 11.3 Å². The summed E-state index contributed by atoms with van der Waals surface area (Å²) >= 11 is 0. The first-order valence-corrected chi connectivity index (χ1v) is 11.0. The van der Waals surface area contributed by atoms with Crippen LogP contribution >= 0.6 is 0 Å². The molecule has 2 rings (SSSR count). The van der Waals surface area contributed by atoms with E-state index in [1.807, 2.05) is 6.92 Å². The van der Waals surface area contributed by atoms with Gasteiger partial charge in [-0.05, 0) is 43.7 Å². The first-order chi connectivity index (χ1) is 14.5. The van der Waals surface area contributed by atoms with Crippen molar-refractivity contribution in [3.05, 3.63) is 58.7 Å². The van der Waals surface area contributed by atoms with E-state index in [1.54, 1.807) is 25.1 Å². The minimum absolute atomic E-state index is 0.000857. The fourth-order valence-electron chi connectivity index (χ4n) is 2.97. The second kappa shape index (κ2) is 9.61. The Morgan fingerprint density at radius 3 is 2.16 bits per heavy atom. The molecule has 0 unspecified atom stereocenters. The average Bonchev–Trinajstić information content (AvgIpc) is 2.70. The van der Waals surface area contributed by atoms with E-state index in [0.717, 1.165) is 16.1 Å². The zero-order valence-corrected chi connectivity index (χ0v) is 18.7. The molecule has 2 aromatic rings. The van der Waals surface area contributed by atoms with Gasteiger partial charge in [-0.25, -0.2) is 18.0 Å². The molecule has 0 bridgehead atoms. The molecule has 0 saturated carbocycles. The van der Waals surface area contributed by atoms with Crippen LogP contribution in [0.1, 0.15) is 31.8 Å². The largest absolute Gasteiger partial charge is 0.465 e. The van der Waals surface area contributed by atoms with Crippen molar-refractivity contribution in [3.63, 3.8) is 0 Å². The van der Waals surface area contributed by atoms with Crippen molar-refractivity contribution in [2.24, 2.45) is 0 Å². The van der Waals surface area contributed by atoms with E-state index in [-0.39, 0.29) is 16.8 Å². The van der Waals surface area contributed by atoms with Crippen molar-refractivity contribution >= 4 is 39.2 Å². The maximum atomic E-state index is 12.7. The number of nitrogens with zero attached hydrogens (tertiary/aromatic N) is 1. The summed E-state index contributed by atoms with van der Waals surface area (Å²) in [7, 11) is -1.42. The molecule has 0 aliphatic heterocycles. The summed E-state index contributed by atoms with van der Waals surface area (Å²) in [5, 5.41) is 2.49. The Kier molecular flexibility index (Phi) is 7.40. The summed E-state index contributed by atoms with van der Waals surface area (Å²) in [6, 6.07) is 9.10. The molecule has 31 heavy (non-hydrogen) atoms. The Hall–Kier alpha value is -3.40. The molecular formula is C21H24N2O7S. The number of anilines is 2. The highest BCUT2D eigenvalue weighted by Crippen LogP contribution is 2.24. The molecule has 0 saturated heterocycles. The number of methoxy groups -OCH3 is 2. The molecule has 0 radical (unpaired) electrons. The van der Waals surface area contributed by atoms with Crippen molar-refractivity contribution in [2.75, 3.05) is 36.6 Å². The summed E-state index contributed by atoms with van der Waals surface area (Å²) < 4.78 is 35.1. The number of rotatable bonds is 7. The summed E-state index contributed by atoms with van der Waals surface area (Å²) in [4.78, 5) is 36.6. The van der Waals surface area contributed by atoms with Crippen LogP contribution in [0.15, 0.2) is 36.4 Å². The molecule has 0 fully saturated rings. The van der Waals surface area contributed by atoms with E-state index < -0.39 is 34.4 Å². The highest BCUT2D eigenvalue weighted by Gasteiger charge is 2.24. The van der Waals surface area contributed by atoms with Crippen LogP contribution in [0.4, 0.5) is 11.4 Å². The predicted octanol–water partition coefficient (Wildman–Crippen LogP) is 2.28. The molecule has 10 heteroatoms. The lowest BCUT2D eigenvalue weighted by Gasteiger charge is -2.24. The molecule has 1 amide bonds. The lowest BCUT2D eigenvalue weighted by Crippen LogP contribution is -2.38. The van der Waals surface area contributed by atoms with Gasteiger partial charge in [0, 0.05) is 0 Å². The van der Waals surface area contributed by atoms with Gasteiger partial charge in [0.05, 0.1) is 43.0 Å². The lowest BCUT2D eigenvalue weighted by molar-refractivity contribution is -0.114. The molecule has 0 spiro atoms. The first-order valence-electron chi connectivity index (χ1n) is 9.13. The molecule has 0 heterocycles. The fraction of sp³-hybridized carbons (Fsp3) is 0.286. The van der Waals surface area contributed by atoms with Gasteiger partial charge in [-0.2, -0.15) is 0 Å². The number of hydrogen-bond acceptors (Lipinski definition) is 7. The second-order valence-corrected chi connectivity index (χ2v) is 8.76. The van der Waals surface area contributed by atoms with Crippen LogP contribution in [0, 0.1) is 13.8 Å². The second-order valence-electron chi connectivity index (χ2n) is 6.85. The standard InChI is InChI=1S/C21H24N2O7S/c1-13-6-9-18(14(2)10-13)23(31(5,27)28)12-19(24)22-17-11-15(20(25)29-3)7-8-16(17)21(26)30-4/h6-11H,12H2,1-5H3,(H,22,24). The highest BCUT2D eigenvalue weighted by atomic mass is 32.2. The van der Waals surface area contributed by atoms with Crippen LogP contribution in [0.3, 0.4) is 0 Å². The third kappa shape index (κ3) is 5.82. The number of amides is 1. The number of ether oxygens (including phenoxy) is 2. The molecule has 2 aromatic carbocycles. The zero-order chi connectivity index (χ0) is 23.3. The smallest absolute Gasteiger partial charge is 0.339 e. The van der Waals surface area contributed by atoms with Gasteiger partial charge in [0.25, 0.3) is 0 Å². The van der Waals surface area contributed by atoms with Crippen molar-refractivity contribution in [3.8, 4) is 0 Å². The van der Waals surface area contributed by atoms with Crippen LogP contribution in [-0.2, 0) is 24.3 Å². The van der Waals surface area contributed by atoms with Gasteiger partial charge in [0.15, 0.2) is 0 Å². The van der Waals surface area contributed by atoms with Crippen LogP contribution < -0.4 is 9.62 Å². The maximum absolute atomic E-state index is 12.7. The Balaban J connectivity index is 2.40. The number of esters is 2. The summed E-state index contributed by atoms with van der Waals surface area (Å²) in [5.74, 6) is -2.11. The van der Waals surface area contributed by atoms with Gasteiger partial charge in [-0.15, -0.1) is 0 Å². The average molecular weight is 448 g/mol. The van der Waals surface area contributed by atoms with Crippen LogP contribution in [-0.4, -0.2) is 53.3 Å². The van der Waals surface area contributed by atoms with Gasteiger partial charge in [0.1, 0.15) is 6.54 Å². The maximum Gasteiger partial charge on any atom is 0.339 e. The van der Waals surface area contributed by atoms with E-state index in [1.165, 1.54) is 32.4 Å². The highest BCUT2D eigenvalue weighted by molar-refractivity contribution is 7.92. The summed E-state index contributed by atoms with van der Waals surface area (Å²) in [6.45, 7) is 3.08. The molecule has 166 valence electrons. The normalized spacial score (nSPS) is 10.9. The zero-order valence-electron chi connectivity index (χ0n) is 17.9. The Bertz CT molecular complexity index is 1130. The third-order valence-electron chi connectivity index (χ3n) is 4.43. The number of carbonyl (C=O) groups is 3. The van der Waals surface area contributed by atoms with E-state index in [4.69, 9.17) is 4.74 Å². The molecular weight excluding hydrogens is 424 g/mol. The van der Waals surface area contributed by atoms with E-state index >= 15 is 0 Å². The van der Waals surface area contributed by atoms with Gasteiger partial charge in [0.2, 0.25) is 15.9 Å². The van der Waals surface area contributed by atoms with Crippen LogP contribution in [0.25, 0.3) is 0 Å². The molecule has 9 nitrogen and oxygen atoms in total. The Labute approximate surface area is 181 Å². The first kappa shape index (κ1) is 23.9. The van der Waals surface area contributed by atoms with Gasteiger partial charge >= 0.3 is 11.9 Å². The number of carbonyl (C=O) groups excluding carboxylic acids is 3. The monoisotopic (exact) mass is 448 g/mol. The third-order valence-corrected chi connectivity index (χ3v) is 5.56. The molecule has 0 aliphatic carbocycles. The van der Waals surface area contributed by atoms with Gasteiger partial charge in [-0.3, -0.25) is 9.10 Å². The number of sulfonamides is 1. The fourth-order valence-corrected chi connectivity index (χ4v) is 3.88. The lowest BCUT2D eigenvalue weighted by atomic mass is 10.1. The Morgan fingerprint density at radius 2 is 1.61 bits per heavy atom. The van der Waals surface area contributed by atoms with E-state index in [9.17, 15) is 22.8 Å². The van der Waals surface area contributed by atoms with Gasteiger partial charge < -0.3 is 14.8 Å². The Morgan fingerprint density at radius 1 is 0.968 bits per heavy atom. The summed E-state index contributed by atoms with van der Waals surface area (Å²) in [6.07, 6.45) is 0.997. The number of benzene rings is 2. The molecule has 1 N–H and O–H groups in total. The minimum Gasteiger partial charge on any atom is -0.465 e. The van der Waals surface area contributed by atoms with Crippen molar-refractivity contribution in [1.82, 2.24) is 0 Å². The quantitative estimate of drug-likeness (QED) is 0.646. The molecule has 0 aromatic heterocycles. The van der Waals surface area contributed by atoms with E-state index in [2.05, 4.69) is 10.1 Å². The molecule has 0 atom stereocenters.